The number of pyridine rings is 1. The third-order valence-corrected chi connectivity index (χ3v) is 4.71. The van der Waals surface area contributed by atoms with E-state index in [0.29, 0.717) is 30.7 Å². The largest absolute Gasteiger partial charge is 0.416 e. The van der Waals surface area contributed by atoms with Gasteiger partial charge in [0.1, 0.15) is 5.71 Å². The van der Waals surface area contributed by atoms with Gasteiger partial charge in [-0.1, -0.05) is 37.2 Å². The summed E-state index contributed by atoms with van der Waals surface area (Å²) in [4.78, 5) is 24.2. The molecule has 1 atom stereocenters. The van der Waals surface area contributed by atoms with Crippen molar-refractivity contribution >= 4 is 11.6 Å². The van der Waals surface area contributed by atoms with Crippen LogP contribution < -0.4 is 0 Å². The fourth-order valence-electron chi connectivity index (χ4n) is 3.21. The fraction of sp³-hybridized carbons (Fsp3) is 0.409. The minimum absolute atomic E-state index is 0.0696. The molecule has 1 aliphatic rings. The molecule has 0 aliphatic carbocycles. The van der Waals surface area contributed by atoms with Gasteiger partial charge in [-0.25, -0.2) is 0 Å². The van der Waals surface area contributed by atoms with E-state index in [9.17, 15) is 18.0 Å². The van der Waals surface area contributed by atoms with Crippen LogP contribution in [0.25, 0.3) is 0 Å². The second-order valence-electron chi connectivity index (χ2n) is 7.75. The predicted molar refractivity (Wildman–Crippen MR) is 107 cm³/mol. The molecule has 2 aromatic rings. The normalized spacial score (nSPS) is 16.3. The Bertz CT molecular complexity index is 881. The highest BCUT2D eigenvalue weighted by Gasteiger charge is 2.31. The van der Waals surface area contributed by atoms with E-state index in [1.165, 1.54) is 12.1 Å². The SMILES string of the molecule is CC(C)CC(=O)N(Cc1ccc(C(F)(F)F)cc1)C[C@@H]1CC(c2ccccn2)=NO1. The number of halogens is 3. The molecule has 0 N–H and O–H groups in total. The highest BCUT2D eigenvalue weighted by molar-refractivity contribution is 5.99. The molecule has 30 heavy (non-hydrogen) atoms. The smallest absolute Gasteiger partial charge is 0.390 e. The van der Waals surface area contributed by atoms with Crippen LogP contribution in [0.3, 0.4) is 0 Å². The molecule has 1 aromatic carbocycles. The van der Waals surface area contributed by atoms with Crippen LogP contribution in [0.15, 0.2) is 53.8 Å². The molecule has 0 bridgehead atoms. The fourth-order valence-corrected chi connectivity index (χ4v) is 3.21. The Hall–Kier alpha value is -2.90. The van der Waals surface area contributed by atoms with Crippen molar-refractivity contribution in [3.05, 3.63) is 65.5 Å². The molecular formula is C22H24F3N3O2. The van der Waals surface area contributed by atoms with E-state index in [4.69, 9.17) is 4.84 Å². The third kappa shape index (κ3) is 5.81. The number of amides is 1. The topological polar surface area (TPSA) is 54.8 Å². The molecule has 5 nitrogen and oxygen atoms in total. The molecule has 0 fully saturated rings. The maximum absolute atomic E-state index is 12.8. The van der Waals surface area contributed by atoms with Crippen molar-refractivity contribution < 1.29 is 22.8 Å². The van der Waals surface area contributed by atoms with Crippen LogP contribution in [0.4, 0.5) is 13.2 Å². The van der Waals surface area contributed by atoms with E-state index >= 15 is 0 Å². The van der Waals surface area contributed by atoms with E-state index in [1.54, 1.807) is 11.1 Å². The van der Waals surface area contributed by atoms with Crippen molar-refractivity contribution in [3.8, 4) is 0 Å². The maximum Gasteiger partial charge on any atom is 0.416 e. The molecule has 1 amide bonds. The molecule has 2 heterocycles. The van der Waals surface area contributed by atoms with Gasteiger partial charge < -0.3 is 9.74 Å². The van der Waals surface area contributed by atoms with E-state index in [2.05, 4.69) is 10.1 Å². The summed E-state index contributed by atoms with van der Waals surface area (Å²) < 4.78 is 38.4. The molecule has 1 aliphatic heterocycles. The van der Waals surface area contributed by atoms with Gasteiger partial charge in [0.2, 0.25) is 5.91 Å². The lowest BCUT2D eigenvalue weighted by Crippen LogP contribution is -2.37. The lowest BCUT2D eigenvalue weighted by molar-refractivity contribution is -0.138. The first kappa shape index (κ1) is 21.8. The van der Waals surface area contributed by atoms with Gasteiger partial charge in [-0.05, 0) is 35.7 Å². The second kappa shape index (κ2) is 9.28. The van der Waals surface area contributed by atoms with Crippen molar-refractivity contribution in [2.24, 2.45) is 11.1 Å². The van der Waals surface area contributed by atoms with Gasteiger partial charge in [0, 0.05) is 25.6 Å². The second-order valence-corrected chi connectivity index (χ2v) is 7.75. The summed E-state index contributed by atoms with van der Waals surface area (Å²) in [5.74, 6) is 0.0946. The lowest BCUT2D eigenvalue weighted by atomic mass is 10.1. The molecule has 0 spiro atoms. The Kier molecular flexibility index (Phi) is 6.74. The van der Waals surface area contributed by atoms with Crippen LogP contribution in [0, 0.1) is 5.92 Å². The molecule has 160 valence electrons. The summed E-state index contributed by atoms with van der Waals surface area (Å²) in [5.41, 5.74) is 1.36. The first-order chi connectivity index (χ1) is 14.2. The number of hydrogen-bond donors (Lipinski definition) is 0. The summed E-state index contributed by atoms with van der Waals surface area (Å²) >= 11 is 0. The molecule has 3 rings (SSSR count). The lowest BCUT2D eigenvalue weighted by Gasteiger charge is -2.26. The van der Waals surface area contributed by atoms with Crippen LogP contribution in [-0.2, 0) is 22.4 Å². The third-order valence-electron chi connectivity index (χ3n) is 4.71. The summed E-state index contributed by atoms with van der Waals surface area (Å²) in [5, 5.41) is 4.10. The molecule has 1 aromatic heterocycles. The number of carbonyl (C=O) groups is 1. The highest BCUT2D eigenvalue weighted by atomic mass is 19.4. The van der Waals surface area contributed by atoms with Crippen molar-refractivity contribution in [1.82, 2.24) is 9.88 Å². The van der Waals surface area contributed by atoms with Crippen molar-refractivity contribution in [2.45, 2.75) is 45.5 Å². The highest BCUT2D eigenvalue weighted by Crippen LogP contribution is 2.29. The van der Waals surface area contributed by atoms with Crippen LogP contribution in [-0.4, -0.2) is 34.2 Å². The van der Waals surface area contributed by atoms with Crippen molar-refractivity contribution in [1.29, 1.82) is 0 Å². The van der Waals surface area contributed by atoms with Crippen molar-refractivity contribution in [3.63, 3.8) is 0 Å². The monoisotopic (exact) mass is 419 g/mol. The van der Waals surface area contributed by atoms with Crippen LogP contribution >= 0.6 is 0 Å². The van der Waals surface area contributed by atoms with Crippen molar-refractivity contribution in [2.75, 3.05) is 6.54 Å². The zero-order valence-electron chi connectivity index (χ0n) is 16.9. The summed E-state index contributed by atoms with van der Waals surface area (Å²) in [6.45, 7) is 4.40. The Balaban J connectivity index is 1.68. The van der Waals surface area contributed by atoms with Gasteiger partial charge in [-0.2, -0.15) is 13.2 Å². The van der Waals surface area contributed by atoms with E-state index in [-0.39, 0.29) is 24.5 Å². The number of hydrogen-bond acceptors (Lipinski definition) is 4. The predicted octanol–water partition coefficient (Wildman–Crippen LogP) is 4.67. The van der Waals surface area contributed by atoms with Gasteiger partial charge >= 0.3 is 6.18 Å². The first-order valence-electron chi connectivity index (χ1n) is 9.80. The number of oxime groups is 1. The zero-order valence-corrected chi connectivity index (χ0v) is 16.9. The minimum atomic E-state index is -4.39. The van der Waals surface area contributed by atoms with E-state index in [1.807, 2.05) is 32.0 Å². The number of carbonyl (C=O) groups excluding carboxylic acids is 1. The molecule has 0 saturated carbocycles. The molecular weight excluding hydrogens is 395 g/mol. The summed E-state index contributed by atoms with van der Waals surface area (Å²) in [6.07, 6.45) is -2.18. The molecule has 0 saturated heterocycles. The van der Waals surface area contributed by atoms with Gasteiger partial charge in [-0.15, -0.1) is 0 Å². The van der Waals surface area contributed by atoms with Crippen LogP contribution in [0.5, 0.6) is 0 Å². The van der Waals surface area contributed by atoms with Gasteiger partial charge in [0.15, 0.2) is 6.10 Å². The number of rotatable bonds is 7. The number of nitrogens with zero attached hydrogens (tertiary/aromatic N) is 3. The minimum Gasteiger partial charge on any atom is -0.390 e. The van der Waals surface area contributed by atoms with E-state index < -0.39 is 11.7 Å². The Morgan fingerprint density at radius 2 is 1.93 bits per heavy atom. The number of aromatic nitrogens is 1. The van der Waals surface area contributed by atoms with E-state index in [0.717, 1.165) is 17.8 Å². The summed E-state index contributed by atoms with van der Waals surface area (Å²) in [6, 6.07) is 10.4. The number of alkyl halides is 3. The molecule has 0 radical (unpaired) electrons. The zero-order chi connectivity index (χ0) is 21.7. The summed E-state index contributed by atoms with van der Waals surface area (Å²) in [7, 11) is 0. The molecule has 8 heteroatoms. The Morgan fingerprint density at radius 1 is 1.20 bits per heavy atom. The van der Waals surface area contributed by atoms with Crippen LogP contribution in [0.1, 0.15) is 43.5 Å². The Morgan fingerprint density at radius 3 is 2.53 bits per heavy atom. The Labute approximate surface area is 173 Å². The van der Waals surface area contributed by atoms with Crippen LogP contribution in [0.2, 0.25) is 0 Å². The van der Waals surface area contributed by atoms with Gasteiger partial charge in [0.05, 0.1) is 17.8 Å². The van der Waals surface area contributed by atoms with Gasteiger partial charge in [0.25, 0.3) is 0 Å². The van der Waals surface area contributed by atoms with Gasteiger partial charge in [-0.3, -0.25) is 9.78 Å². The first-order valence-corrected chi connectivity index (χ1v) is 9.80. The molecule has 0 unspecified atom stereocenters. The average molecular weight is 419 g/mol. The quantitative estimate of drug-likeness (QED) is 0.656. The number of benzene rings is 1. The standard InChI is InChI=1S/C22H24F3N3O2/c1-15(2)11-21(29)28(13-16-6-8-17(9-7-16)22(23,24)25)14-18-12-20(27-30-18)19-5-3-4-10-26-19/h3-10,15,18H,11-14H2,1-2H3/t18-/m0/s1. The maximum atomic E-state index is 12.8. The average Bonchev–Trinajstić information content (AvgIpc) is 3.16.